The first-order valence-electron chi connectivity index (χ1n) is 10.2. The molecule has 2 saturated heterocycles. The Morgan fingerprint density at radius 3 is 2.50 bits per heavy atom. The molecule has 0 radical (unpaired) electrons. The lowest BCUT2D eigenvalue weighted by Gasteiger charge is -2.38. The molecule has 1 spiro atoms. The van der Waals surface area contributed by atoms with Crippen molar-refractivity contribution in [1.29, 1.82) is 0 Å². The standard InChI is InChI=1S/C20H27N3O5/c1-14-12-16(21-28-14)19(26)23-9-5-8-22(10-11-23)18(25)15-13-17(24)27-20(15)6-3-2-4-7-20/h12,15H,2-11,13H2,1H3. The Labute approximate surface area is 164 Å². The van der Waals surface area contributed by atoms with Crippen molar-refractivity contribution in [1.82, 2.24) is 15.0 Å². The number of hydrogen-bond acceptors (Lipinski definition) is 6. The zero-order chi connectivity index (χ0) is 19.7. The highest BCUT2D eigenvalue weighted by Gasteiger charge is 2.53. The molecule has 1 aliphatic carbocycles. The Hall–Kier alpha value is -2.38. The van der Waals surface area contributed by atoms with E-state index in [1.54, 1.807) is 17.9 Å². The van der Waals surface area contributed by atoms with Gasteiger partial charge in [-0.25, -0.2) is 0 Å². The molecular weight excluding hydrogens is 362 g/mol. The molecule has 0 aromatic carbocycles. The van der Waals surface area contributed by atoms with E-state index in [1.807, 2.05) is 4.90 Å². The lowest BCUT2D eigenvalue weighted by molar-refractivity contribution is -0.155. The van der Waals surface area contributed by atoms with Crippen LogP contribution in [-0.2, 0) is 14.3 Å². The third kappa shape index (κ3) is 3.52. The van der Waals surface area contributed by atoms with Crippen molar-refractivity contribution >= 4 is 17.8 Å². The lowest BCUT2D eigenvalue weighted by Crippen LogP contribution is -2.48. The quantitative estimate of drug-likeness (QED) is 0.718. The van der Waals surface area contributed by atoms with E-state index in [4.69, 9.17) is 9.26 Å². The van der Waals surface area contributed by atoms with Crippen LogP contribution in [0.2, 0.25) is 0 Å². The number of rotatable bonds is 2. The largest absolute Gasteiger partial charge is 0.458 e. The highest BCUT2D eigenvalue weighted by Crippen LogP contribution is 2.45. The van der Waals surface area contributed by atoms with Crippen molar-refractivity contribution in [2.75, 3.05) is 26.2 Å². The van der Waals surface area contributed by atoms with Crippen LogP contribution in [0, 0.1) is 12.8 Å². The van der Waals surface area contributed by atoms with Crippen LogP contribution in [0.5, 0.6) is 0 Å². The number of aromatic nitrogens is 1. The van der Waals surface area contributed by atoms with Gasteiger partial charge in [-0.1, -0.05) is 11.6 Å². The molecule has 1 saturated carbocycles. The van der Waals surface area contributed by atoms with Gasteiger partial charge in [0.05, 0.1) is 12.3 Å². The molecule has 152 valence electrons. The summed E-state index contributed by atoms with van der Waals surface area (Å²) in [7, 11) is 0. The Bertz CT molecular complexity index is 768. The molecule has 3 heterocycles. The van der Waals surface area contributed by atoms with E-state index in [0.717, 1.165) is 32.1 Å². The lowest BCUT2D eigenvalue weighted by atomic mass is 9.75. The maximum atomic E-state index is 13.3. The van der Waals surface area contributed by atoms with E-state index in [2.05, 4.69) is 5.16 Å². The molecule has 0 N–H and O–H groups in total. The Balaban J connectivity index is 1.43. The van der Waals surface area contributed by atoms with Crippen molar-refractivity contribution in [2.24, 2.45) is 5.92 Å². The van der Waals surface area contributed by atoms with Gasteiger partial charge in [-0.05, 0) is 39.0 Å². The van der Waals surface area contributed by atoms with Crippen LogP contribution in [0.15, 0.2) is 10.6 Å². The summed E-state index contributed by atoms with van der Waals surface area (Å²) in [6.07, 6.45) is 5.55. The second kappa shape index (κ2) is 7.56. The number of ether oxygens (including phenoxy) is 1. The van der Waals surface area contributed by atoms with Crippen molar-refractivity contribution in [3.05, 3.63) is 17.5 Å². The fraction of sp³-hybridized carbons (Fsp3) is 0.700. The number of aryl methyl sites for hydroxylation is 1. The number of hydrogen-bond donors (Lipinski definition) is 0. The molecular formula is C20H27N3O5. The van der Waals surface area contributed by atoms with Crippen molar-refractivity contribution in [2.45, 2.75) is 57.5 Å². The molecule has 8 heteroatoms. The normalized spacial score (nSPS) is 24.9. The molecule has 1 atom stereocenters. The molecule has 1 aromatic rings. The first kappa shape index (κ1) is 19.0. The zero-order valence-corrected chi connectivity index (χ0v) is 16.3. The molecule has 0 bridgehead atoms. The zero-order valence-electron chi connectivity index (χ0n) is 16.3. The molecule has 2 amide bonds. The van der Waals surface area contributed by atoms with Crippen LogP contribution in [-0.4, -0.2) is 64.5 Å². The maximum Gasteiger partial charge on any atom is 0.307 e. The summed E-state index contributed by atoms with van der Waals surface area (Å²) in [5.41, 5.74) is -0.305. The van der Waals surface area contributed by atoms with E-state index in [9.17, 15) is 14.4 Å². The summed E-state index contributed by atoms with van der Waals surface area (Å²) < 4.78 is 10.7. The maximum absolute atomic E-state index is 13.3. The van der Waals surface area contributed by atoms with Gasteiger partial charge in [0, 0.05) is 32.2 Å². The van der Waals surface area contributed by atoms with Gasteiger partial charge >= 0.3 is 5.97 Å². The minimum absolute atomic E-state index is 0.000621. The Morgan fingerprint density at radius 2 is 1.79 bits per heavy atom. The average molecular weight is 389 g/mol. The molecule has 3 fully saturated rings. The van der Waals surface area contributed by atoms with Crippen molar-refractivity contribution in [3.8, 4) is 0 Å². The van der Waals surface area contributed by atoms with Crippen LogP contribution >= 0.6 is 0 Å². The molecule has 4 rings (SSSR count). The summed E-state index contributed by atoms with van der Waals surface area (Å²) in [5.74, 6) is -0.221. The highest BCUT2D eigenvalue weighted by atomic mass is 16.6. The first-order valence-corrected chi connectivity index (χ1v) is 10.2. The fourth-order valence-corrected chi connectivity index (χ4v) is 4.80. The number of esters is 1. The number of carbonyl (C=O) groups is 3. The van der Waals surface area contributed by atoms with Crippen LogP contribution in [0.3, 0.4) is 0 Å². The van der Waals surface area contributed by atoms with E-state index < -0.39 is 5.60 Å². The predicted molar refractivity (Wildman–Crippen MR) is 98.4 cm³/mol. The van der Waals surface area contributed by atoms with E-state index in [0.29, 0.717) is 44.1 Å². The van der Waals surface area contributed by atoms with Gasteiger partial charge in [-0.15, -0.1) is 0 Å². The van der Waals surface area contributed by atoms with Gasteiger partial charge in [-0.3, -0.25) is 14.4 Å². The topological polar surface area (TPSA) is 93.0 Å². The van der Waals surface area contributed by atoms with Gasteiger partial charge in [0.15, 0.2) is 5.69 Å². The van der Waals surface area contributed by atoms with Gasteiger partial charge < -0.3 is 19.1 Å². The van der Waals surface area contributed by atoms with Crippen LogP contribution in [0.4, 0.5) is 0 Å². The summed E-state index contributed by atoms with van der Waals surface area (Å²) >= 11 is 0. The highest BCUT2D eigenvalue weighted by molar-refractivity contribution is 5.92. The molecule has 8 nitrogen and oxygen atoms in total. The molecule has 28 heavy (non-hydrogen) atoms. The fourth-order valence-electron chi connectivity index (χ4n) is 4.80. The van der Waals surface area contributed by atoms with Gasteiger partial charge in [0.25, 0.3) is 5.91 Å². The molecule has 2 aliphatic heterocycles. The number of nitrogens with zero attached hydrogens (tertiary/aromatic N) is 3. The number of carbonyl (C=O) groups excluding carboxylic acids is 3. The van der Waals surface area contributed by atoms with Crippen LogP contribution in [0.1, 0.15) is 61.2 Å². The predicted octanol–water partition coefficient (Wildman–Crippen LogP) is 1.92. The second-order valence-electron chi connectivity index (χ2n) is 8.15. The molecule has 1 aromatic heterocycles. The van der Waals surface area contributed by atoms with Crippen molar-refractivity contribution in [3.63, 3.8) is 0 Å². The first-order chi connectivity index (χ1) is 13.5. The average Bonchev–Trinajstić information content (AvgIpc) is 3.14. The van der Waals surface area contributed by atoms with Gasteiger partial charge in [-0.2, -0.15) is 0 Å². The third-order valence-electron chi connectivity index (χ3n) is 6.26. The summed E-state index contributed by atoms with van der Waals surface area (Å²) in [4.78, 5) is 41.5. The van der Waals surface area contributed by atoms with Gasteiger partial charge in [0.1, 0.15) is 11.4 Å². The summed E-state index contributed by atoms with van der Waals surface area (Å²) in [5, 5.41) is 3.80. The SMILES string of the molecule is Cc1cc(C(=O)N2CCCN(C(=O)C3CC(=O)OC34CCCCC4)CC2)no1. The summed E-state index contributed by atoms with van der Waals surface area (Å²) in [6, 6.07) is 1.63. The minimum Gasteiger partial charge on any atom is -0.458 e. The Morgan fingerprint density at radius 1 is 1.07 bits per heavy atom. The number of amides is 2. The van der Waals surface area contributed by atoms with Crippen LogP contribution in [0.25, 0.3) is 0 Å². The smallest absolute Gasteiger partial charge is 0.307 e. The molecule has 3 aliphatic rings. The van der Waals surface area contributed by atoms with Crippen LogP contribution < -0.4 is 0 Å². The van der Waals surface area contributed by atoms with Crippen molar-refractivity contribution < 1.29 is 23.6 Å². The Kier molecular flexibility index (Phi) is 5.12. The second-order valence-corrected chi connectivity index (χ2v) is 8.15. The third-order valence-corrected chi connectivity index (χ3v) is 6.26. The minimum atomic E-state index is -0.605. The van der Waals surface area contributed by atoms with E-state index in [1.165, 1.54) is 0 Å². The monoisotopic (exact) mass is 389 g/mol. The summed E-state index contributed by atoms with van der Waals surface area (Å²) in [6.45, 7) is 3.81. The molecule has 1 unspecified atom stereocenters. The van der Waals surface area contributed by atoms with Gasteiger partial charge in [0.2, 0.25) is 5.91 Å². The van der Waals surface area contributed by atoms with E-state index >= 15 is 0 Å². The van der Waals surface area contributed by atoms with E-state index in [-0.39, 0.29) is 30.1 Å².